The third-order valence-electron chi connectivity index (χ3n) is 7.08. The second kappa shape index (κ2) is 6.33. The van der Waals surface area contributed by atoms with Crippen molar-refractivity contribution in [1.29, 1.82) is 0 Å². The van der Waals surface area contributed by atoms with Crippen LogP contribution in [-0.2, 0) is 16.0 Å². The summed E-state index contributed by atoms with van der Waals surface area (Å²) >= 11 is 0. The van der Waals surface area contributed by atoms with Crippen molar-refractivity contribution >= 4 is 16.9 Å². The average Bonchev–Trinajstić information content (AvgIpc) is 3.06. The van der Waals surface area contributed by atoms with Crippen LogP contribution in [0.2, 0.25) is 0 Å². The molecule has 0 unspecified atom stereocenters. The quantitative estimate of drug-likeness (QED) is 0.664. The topological polar surface area (TPSA) is 85.8 Å². The van der Waals surface area contributed by atoms with Crippen LogP contribution in [0.25, 0.3) is 10.9 Å². The van der Waals surface area contributed by atoms with Gasteiger partial charge < -0.3 is 19.9 Å². The number of fused-ring (bicyclic) bond motifs is 6. The van der Waals surface area contributed by atoms with E-state index in [9.17, 15) is 15.0 Å². The molecule has 0 amide bonds. The van der Waals surface area contributed by atoms with Crippen LogP contribution in [0.15, 0.2) is 24.3 Å². The SMILES string of the molecule is COC(=O)[C@H]1[C@H](O)[C@H](O)C[C@@H]2CN3CCc4c([nH]c5ccccc45)[C@H]3C[C@@H]21. The monoisotopic (exact) mass is 370 g/mol. The number of aromatic nitrogens is 1. The minimum Gasteiger partial charge on any atom is -0.469 e. The molecule has 0 bridgehead atoms. The molecule has 3 heterocycles. The second-order valence-corrected chi connectivity index (χ2v) is 8.33. The van der Waals surface area contributed by atoms with Gasteiger partial charge in [0, 0.05) is 29.7 Å². The van der Waals surface area contributed by atoms with Gasteiger partial charge in [-0.15, -0.1) is 0 Å². The fraction of sp³-hybridized carbons (Fsp3) is 0.571. The number of nitrogens with one attached hydrogen (secondary N) is 1. The number of hydrogen-bond donors (Lipinski definition) is 3. The number of para-hydroxylation sites is 1. The number of carbonyl (C=O) groups is 1. The number of methoxy groups -OCH3 is 1. The summed E-state index contributed by atoms with van der Waals surface area (Å²) in [6, 6.07) is 8.62. The molecule has 2 aliphatic heterocycles. The van der Waals surface area contributed by atoms with Gasteiger partial charge in [-0.3, -0.25) is 9.69 Å². The van der Waals surface area contributed by atoms with Crippen LogP contribution < -0.4 is 0 Å². The molecule has 6 heteroatoms. The van der Waals surface area contributed by atoms with Crippen molar-refractivity contribution < 1.29 is 19.7 Å². The fourth-order valence-electron chi connectivity index (χ4n) is 5.82. The first-order valence-corrected chi connectivity index (χ1v) is 9.86. The Labute approximate surface area is 158 Å². The van der Waals surface area contributed by atoms with E-state index in [1.165, 1.54) is 23.8 Å². The lowest BCUT2D eigenvalue weighted by molar-refractivity contribution is -0.171. The van der Waals surface area contributed by atoms with Crippen molar-refractivity contribution in [2.45, 2.75) is 37.5 Å². The maximum atomic E-state index is 12.4. The molecule has 0 radical (unpaired) electrons. The second-order valence-electron chi connectivity index (χ2n) is 8.33. The van der Waals surface area contributed by atoms with Gasteiger partial charge in [0.25, 0.3) is 0 Å². The van der Waals surface area contributed by atoms with Crippen LogP contribution in [0.4, 0.5) is 0 Å². The van der Waals surface area contributed by atoms with Crippen LogP contribution in [0.1, 0.15) is 30.1 Å². The molecular weight excluding hydrogens is 344 g/mol. The molecule has 144 valence electrons. The predicted octanol–water partition coefficient (Wildman–Crippen LogP) is 1.62. The van der Waals surface area contributed by atoms with Gasteiger partial charge in [-0.25, -0.2) is 0 Å². The molecule has 1 saturated heterocycles. The molecule has 0 spiro atoms. The molecule has 5 rings (SSSR count). The van der Waals surface area contributed by atoms with Crippen LogP contribution in [-0.4, -0.2) is 58.5 Å². The van der Waals surface area contributed by atoms with Crippen molar-refractivity contribution in [2.24, 2.45) is 17.8 Å². The summed E-state index contributed by atoms with van der Waals surface area (Å²) in [7, 11) is 1.36. The highest BCUT2D eigenvalue weighted by Crippen LogP contribution is 2.49. The van der Waals surface area contributed by atoms with Crippen molar-refractivity contribution in [3.63, 3.8) is 0 Å². The molecule has 3 aliphatic rings. The molecule has 1 aromatic carbocycles. The zero-order valence-corrected chi connectivity index (χ0v) is 15.5. The van der Waals surface area contributed by atoms with Crippen molar-refractivity contribution in [3.8, 4) is 0 Å². The molecule has 2 aromatic rings. The number of aromatic amines is 1. The number of hydrogen-bond acceptors (Lipinski definition) is 5. The number of aliphatic hydroxyl groups excluding tert-OH is 2. The van der Waals surface area contributed by atoms with Gasteiger partial charge in [0.15, 0.2) is 0 Å². The Morgan fingerprint density at radius 3 is 2.89 bits per heavy atom. The average molecular weight is 370 g/mol. The van der Waals surface area contributed by atoms with E-state index in [1.54, 1.807) is 0 Å². The number of H-pyrrole nitrogens is 1. The van der Waals surface area contributed by atoms with Crippen LogP contribution in [0.5, 0.6) is 0 Å². The number of esters is 1. The van der Waals surface area contributed by atoms with E-state index in [2.05, 4.69) is 28.1 Å². The summed E-state index contributed by atoms with van der Waals surface area (Å²) in [5.74, 6) is -0.831. The van der Waals surface area contributed by atoms with E-state index in [0.29, 0.717) is 6.42 Å². The molecular formula is C21H26N2O4. The third kappa shape index (κ3) is 2.54. The maximum Gasteiger partial charge on any atom is 0.311 e. The van der Waals surface area contributed by atoms with Crippen molar-refractivity contribution in [1.82, 2.24) is 9.88 Å². The summed E-state index contributed by atoms with van der Waals surface area (Å²) in [5, 5.41) is 22.1. The van der Waals surface area contributed by atoms with E-state index < -0.39 is 24.1 Å². The van der Waals surface area contributed by atoms with Crippen molar-refractivity contribution in [3.05, 3.63) is 35.5 Å². The molecule has 2 fully saturated rings. The lowest BCUT2D eigenvalue weighted by Crippen LogP contribution is -2.57. The molecule has 1 aliphatic carbocycles. The fourth-order valence-corrected chi connectivity index (χ4v) is 5.82. The van der Waals surface area contributed by atoms with Crippen LogP contribution >= 0.6 is 0 Å². The van der Waals surface area contributed by atoms with Crippen molar-refractivity contribution in [2.75, 3.05) is 20.2 Å². The standard InChI is InChI=1S/C21H26N2O4/c1-27-21(26)18-14-9-16-19-13(12-4-2-3-5-15(12)22-19)6-7-23(16)10-11(14)8-17(24)20(18)25/h2-5,11,14,16-18,20,22,24-25H,6-10H2,1H3/t11-,14+,16-,17-,18-,20-/m1/s1. The Balaban J connectivity index is 1.53. The van der Waals surface area contributed by atoms with E-state index in [-0.39, 0.29) is 17.9 Å². The van der Waals surface area contributed by atoms with Gasteiger partial charge >= 0.3 is 5.97 Å². The summed E-state index contributed by atoms with van der Waals surface area (Å²) in [4.78, 5) is 18.5. The van der Waals surface area contributed by atoms with E-state index >= 15 is 0 Å². The molecule has 27 heavy (non-hydrogen) atoms. The first kappa shape index (κ1) is 17.2. The van der Waals surface area contributed by atoms with E-state index in [0.717, 1.165) is 31.4 Å². The maximum absolute atomic E-state index is 12.4. The largest absolute Gasteiger partial charge is 0.469 e. The van der Waals surface area contributed by atoms with Crippen LogP contribution in [0, 0.1) is 17.8 Å². The summed E-state index contributed by atoms with van der Waals surface area (Å²) in [6.45, 7) is 1.84. The van der Waals surface area contributed by atoms with Gasteiger partial charge in [-0.1, -0.05) is 18.2 Å². The number of rotatable bonds is 1. The molecule has 1 saturated carbocycles. The first-order chi connectivity index (χ1) is 13.1. The Morgan fingerprint density at radius 2 is 2.07 bits per heavy atom. The Hall–Kier alpha value is -1.89. The van der Waals surface area contributed by atoms with E-state index in [1.807, 2.05) is 6.07 Å². The van der Waals surface area contributed by atoms with Gasteiger partial charge in [0.05, 0.1) is 31.3 Å². The van der Waals surface area contributed by atoms with E-state index in [4.69, 9.17) is 4.74 Å². The normalized spacial score (nSPS) is 36.0. The number of nitrogens with zero attached hydrogens (tertiary/aromatic N) is 1. The summed E-state index contributed by atoms with van der Waals surface area (Å²) in [5.41, 5.74) is 3.80. The minimum absolute atomic E-state index is 0.0227. The zero-order chi connectivity index (χ0) is 18.7. The molecule has 6 nitrogen and oxygen atoms in total. The highest BCUT2D eigenvalue weighted by Gasteiger charge is 2.52. The Bertz CT molecular complexity index is 878. The summed E-state index contributed by atoms with van der Waals surface area (Å²) < 4.78 is 4.98. The minimum atomic E-state index is -1.05. The van der Waals surface area contributed by atoms with Gasteiger partial charge in [-0.2, -0.15) is 0 Å². The lowest BCUT2D eigenvalue weighted by atomic mass is 9.64. The highest BCUT2D eigenvalue weighted by molar-refractivity contribution is 5.85. The zero-order valence-electron chi connectivity index (χ0n) is 15.5. The smallest absolute Gasteiger partial charge is 0.311 e. The van der Waals surface area contributed by atoms with Gasteiger partial charge in [0.1, 0.15) is 0 Å². The Kier molecular flexibility index (Phi) is 4.04. The number of piperidine rings is 1. The number of ether oxygens (including phenoxy) is 1. The third-order valence-corrected chi connectivity index (χ3v) is 7.08. The predicted molar refractivity (Wildman–Crippen MR) is 100 cm³/mol. The Morgan fingerprint density at radius 1 is 1.26 bits per heavy atom. The van der Waals surface area contributed by atoms with Gasteiger partial charge in [0.2, 0.25) is 0 Å². The van der Waals surface area contributed by atoms with Crippen LogP contribution in [0.3, 0.4) is 0 Å². The summed E-state index contributed by atoms with van der Waals surface area (Å²) in [6.07, 6.45) is 0.450. The molecule has 1 aromatic heterocycles. The number of aliphatic hydroxyl groups is 2. The molecule has 6 atom stereocenters. The first-order valence-electron chi connectivity index (χ1n) is 9.86. The highest BCUT2D eigenvalue weighted by atomic mass is 16.5. The lowest BCUT2D eigenvalue weighted by Gasteiger charge is -2.51. The number of benzene rings is 1. The number of carbonyl (C=O) groups excluding carboxylic acids is 1. The van der Waals surface area contributed by atoms with Gasteiger partial charge in [-0.05, 0) is 42.7 Å². The molecule has 3 N–H and O–H groups in total.